The van der Waals surface area contributed by atoms with Crippen molar-refractivity contribution in [1.82, 2.24) is 20.2 Å². The van der Waals surface area contributed by atoms with Crippen molar-refractivity contribution in [3.05, 3.63) is 5.82 Å². The van der Waals surface area contributed by atoms with E-state index in [1.54, 1.807) is 20.9 Å². The van der Waals surface area contributed by atoms with Gasteiger partial charge in [0.1, 0.15) is 5.60 Å². The number of tetrazole rings is 1. The monoisotopic (exact) mass is 210 g/mol. The second kappa shape index (κ2) is 3.37. The van der Waals surface area contributed by atoms with E-state index in [0.29, 0.717) is 18.9 Å². The molecule has 0 aliphatic carbocycles. The van der Waals surface area contributed by atoms with E-state index in [9.17, 15) is 4.79 Å². The van der Waals surface area contributed by atoms with Crippen LogP contribution in [0.5, 0.6) is 0 Å². The number of hydrogen-bond acceptors (Lipinski definition) is 5. The molecule has 6 nitrogen and oxygen atoms in total. The summed E-state index contributed by atoms with van der Waals surface area (Å²) in [7, 11) is 1.70. The van der Waals surface area contributed by atoms with Crippen LogP contribution in [0.1, 0.15) is 19.7 Å². The Morgan fingerprint density at radius 2 is 2.33 bits per heavy atom. The van der Waals surface area contributed by atoms with Crippen LogP contribution in [0.3, 0.4) is 0 Å². The van der Waals surface area contributed by atoms with Crippen molar-refractivity contribution in [1.29, 1.82) is 0 Å². The third-order valence-corrected chi connectivity index (χ3v) is 2.59. The van der Waals surface area contributed by atoms with E-state index >= 15 is 0 Å². The minimum Gasteiger partial charge on any atom is -0.367 e. The van der Waals surface area contributed by atoms with Gasteiger partial charge in [0.15, 0.2) is 11.6 Å². The van der Waals surface area contributed by atoms with Gasteiger partial charge in [0.05, 0.1) is 19.6 Å². The topological polar surface area (TPSA) is 69.9 Å². The van der Waals surface area contributed by atoms with Crippen LogP contribution >= 0.6 is 0 Å². The highest BCUT2D eigenvalue weighted by atomic mass is 16.5. The van der Waals surface area contributed by atoms with Crippen molar-refractivity contribution in [3.8, 4) is 0 Å². The first kappa shape index (κ1) is 10.2. The Morgan fingerprint density at radius 1 is 1.60 bits per heavy atom. The van der Waals surface area contributed by atoms with Crippen LogP contribution in [-0.4, -0.2) is 38.2 Å². The zero-order valence-electron chi connectivity index (χ0n) is 9.10. The molecule has 0 saturated carbocycles. The number of hydrogen-bond donors (Lipinski definition) is 0. The van der Waals surface area contributed by atoms with Crippen LogP contribution in [0.25, 0.3) is 0 Å². The van der Waals surface area contributed by atoms with Crippen LogP contribution in [0.15, 0.2) is 0 Å². The largest absolute Gasteiger partial charge is 0.367 e. The molecule has 1 aromatic rings. The quantitative estimate of drug-likeness (QED) is 0.673. The molecule has 6 heteroatoms. The zero-order chi connectivity index (χ0) is 11.1. The van der Waals surface area contributed by atoms with Crippen LogP contribution in [0, 0.1) is 5.92 Å². The van der Waals surface area contributed by atoms with Gasteiger partial charge in [0, 0.05) is 6.42 Å². The lowest BCUT2D eigenvalue weighted by Crippen LogP contribution is -2.30. The molecule has 1 aromatic heterocycles. The molecule has 1 saturated heterocycles. The first-order chi connectivity index (χ1) is 6.99. The molecule has 0 amide bonds. The molecular formula is C9H14N4O2. The first-order valence-electron chi connectivity index (χ1n) is 4.90. The average Bonchev–Trinajstić information content (AvgIpc) is 2.66. The molecule has 2 rings (SSSR count). The Bertz CT molecular complexity index is 385. The molecular weight excluding hydrogens is 196 g/mol. The molecule has 1 aliphatic rings. The van der Waals surface area contributed by atoms with Gasteiger partial charge < -0.3 is 4.74 Å². The molecule has 0 spiro atoms. The van der Waals surface area contributed by atoms with Crippen molar-refractivity contribution in [3.63, 3.8) is 0 Å². The Balaban J connectivity index is 2.06. The summed E-state index contributed by atoms with van der Waals surface area (Å²) in [6.07, 6.45) is 0.510. The van der Waals surface area contributed by atoms with E-state index in [1.807, 2.05) is 0 Å². The minimum absolute atomic E-state index is 0.120. The van der Waals surface area contributed by atoms with E-state index in [4.69, 9.17) is 4.74 Å². The number of nitrogens with zero attached hydrogens (tertiary/aromatic N) is 4. The van der Waals surface area contributed by atoms with Crippen molar-refractivity contribution < 1.29 is 9.53 Å². The summed E-state index contributed by atoms with van der Waals surface area (Å²) in [6.45, 7) is 4.03. The fourth-order valence-electron chi connectivity index (χ4n) is 1.72. The van der Waals surface area contributed by atoms with E-state index in [0.717, 1.165) is 0 Å². The summed E-state index contributed by atoms with van der Waals surface area (Å²) in [5.41, 5.74) is -0.660. The maximum atomic E-state index is 11.8. The lowest BCUT2D eigenvalue weighted by Gasteiger charge is -2.13. The predicted octanol–water partition coefficient (Wildman–Crippen LogP) is -0.253. The molecule has 0 bridgehead atoms. The minimum atomic E-state index is -0.660. The number of Topliss-reactive ketones (excluding diaryl/α,β-unsaturated/α-hetero) is 1. The fraction of sp³-hybridized carbons (Fsp3) is 0.778. The Kier molecular flexibility index (Phi) is 2.30. The van der Waals surface area contributed by atoms with Gasteiger partial charge in [-0.15, -0.1) is 10.2 Å². The highest BCUT2D eigenvalue weighted by molar-refractivity contribution is 5.90. The van der Waals surface area contributed by atoms with Gasteiger partial charge in [-0.2, -0.15) is 4.80 Å². The van der Waals surface area contributed by atoms with E-state index in [-0.39, 0.29) is 11.7 Å². The number of aryl methyl sites for hydroxylation is 1. The molecule has 1 fully saturated rings. The number of aromatic nitrogens is 4. The number of carbonyl (C=O) groups excluding carboxylic acids is 1. The molecule has 1 atom stereocenters. The van der Waals surface area contributed by atoms with Crippen molar-refractivity contribution in [2.24, 2.45) is 13.0 Å². The Labute approximate surface area is 87.6 Å². The molecule has 0 aromatic carbocycles. The summed E-state index contributed by atoms with van der Waals surface area (Å²) >= 11 is 0. The smallest absolute Gasteiger partial charge is 0.175 e. The standard InChI is InChI=1S/C9H14N4O2/c1-9(2)8(14)6(5-15-9)4-7-10-12-13(3)11-7/h6H,4-5H2,1-3H3. The van der Waals surface area contributed by atoms with E-state index in [1.165, 1.54) is 4.80 Å². The normalized spacial score (nSPS) is 24.7. The molecule has 2 heterocycles. The number of ether oxygens (including phenoxy) is 1. The third kappa shape index (κ3) is 1.90. The molecule has 82 valence electrons. The lowest BCUT2D eigenvalue weighted by molar-refractivity contribution is -0.130. The maximum Gasteiger partial charge on any atom is 0.175 e. The highest BCUT2D eigenvalue weighted by Gasteiger charge is 2.42. The molecule has 0 N–H and O–H groups in total. The van der Waals surface area contributed by atoms with Crippen LogP contribution < -0.4 is 0 Å². The second-order valence-corrected chi connectivity index (χ2v) is 4.28. The summed E-state index contributed by atoms with van der Waals surface area (Å²) in [5.74, 6) is 0.580. The summed E-state index contributed by atoms with van der Waals surface area (Å²) in [6, 6.07) is 0. The maximum absolute atomic E-state index is 11.8. The second-order valence-electron chi connectivity index (χ2n) is 4.28. The van der Waals surface area contributed by atoms with Crippen LogP contribution in [-0.2, 0) is 23.0 Å². The van der Waals surface area contributed by atoms with Gasteiger partial charge in [-0.25, -0.2) is 0 Å². The van der Waals surface area contributed by atoms with Gasteiger partial charge in [0.25, 0.3) is 0 Å². The van der Waals surface area contributed by atoms with Gasteiger partial charge in [-0.1, -0.05) is 0 Å². The van der Waals surface area contributed by atoms with Gasteiger partial charge in [-0.05, 0) is 19.1 Å². The SMILES string of the molecule is Cn1nnc(CC2COC(C)(C)C2=O)n1. The predicted molar refractivity (Wildman–Crippen MR) is 51.0 cm³/mol. The number of rotatable bonds is 2. The average molecular weight is 210 g/mol. The van der Waals surface area contributed by atoms with Gasteiger partial charge in [0.2, 0.25) is 0 Å². The van der Waals surface area contributed by atoms with Crippen LogP contribution in [0.2, 0.25) is 0 Å². The van der Waals surface area contributed by atoms with Crippen molar-refractivity contribution >= 4 is 5.78 Å². The Morgan fingerprint density at radius 3 is 2.80 bits per heavy atom. The molecule has 0 radical (unpaired) electrons. The highest BCUT2D eigenvalue weighted by Crippen LogP contribution is 2.26. The Hall–Kier alpha value is -1.30. The lowest BCUT2D eigenvalue weighted by atomic mass is 9.93. The van der Waals surface area contributed by atoms with E-state index < -0.39 is 5.60 Å². The van der Waals surface area contributed by atoms with Crippen molar-refractivity contribution in [2.45, 2.75) is 25.9 Å². The van der Waals surface area contributed by atoms with Gasteiger partial charge in [-0.3, -0.25) is 4.79 Å². The molecule has 1 unspecified atom stereocenters. The molecule has 15 heavy (non-hydrogen) atoms. The summed E-state index contributed by atoms with van der Waals surface area (Å²) in [4.78, 5) is 13.2. The zero-order valence-corrected chi connectivity index (χ0v) is 9.10. The third-order valence-electron chi connectivity index (χ3n) is 2.59. The number of carbonyl (C=O) groups is 1. The van der Waals surface area contributed by atoms with Gasteiger partial charge >= 0.3 is 0 Å². The first-order valence-corrected chi connectivity index (χ1v) is 4.90. The van der Waals surface area contributed by atoms with E-state index in [2.05, 4.69) is 15.4 Å². The van der Waals surface area contributed by atoms with Crippen LogP contribution in [0.4, 0.5) is 0 Å². The summed E-state index contributed by atoms with van der Waals surface area (Å²) in [5, 5.41) is 11.6. The summed E-state index contributed by atoms with van der Waals surface area (Å²) < 4.78 is 5.41. The van der Waals surface area contributed by atoms with Crippen molar-refractivity contribution in [2.75, 3.05) is 6.61 Å². The number of ketones is 1. The fourth-order valence-corrected chi connectivity index (χ4v) is 1.72. The molecule has 1 aliphatic heterocycles.